The molecule has 0 saturated carbocycles. The van der Waals surface area contributed by atoms with Gasteiger partial charge in [0.25, 0.3) is 0 Å². The van der Waals surface area contributed by atoms with E-state index in [1.165, 1.54) is 0 Å². The van der Waals surface area contributed by atoms with Gasteiger partial charge in [-0.05, 0) is 20.6 Å². The van der Waals surface area contributed by atoms with Crippen LogP contribution in [0, 0.1) is 7.43 Å². The number of hydrogen-bond donors (Lipinski definition) is 0. The van der Waals surface area contributed by atoms with Gasteiger partial charge in [0.1, 0.15) is 0 Å². The van der Waals surface area contributed by atoms with Crippen molar-refractivity contribution in [2.75, 3.05) is 20.6 Å². The van der Waals surface area contributed by atoms with Crippen molar-refractivity contribution in [2.24, 2.45) is 0 Å². The topological polar surface area (TPSA) is 3.24 Å². The molecular formula is C7H20NW-. The van der Waals surface area contributed by atoms with Crippen molar-refractivity contribution in [3.8, 4) is 0 Å². The molecule has 0 radical (unpaired) electrons. The second-order valence-corrected chi connectivity index (χ2v) is 1.40. The third-order valence-corrected chi connectivity index (χ3v) is 0.632. The van der Waals surface area contributed by atoms with Gasteiger partial charge in [0, 0.05) is 21.1 Å². The molecule has 0 saturated heterocycles. The van der Waals surface area contributed by atoms with Crippen molar-refractivity contribution in [2.45, 2.75) is 20.8 Å². The molecule has 0 fully saturated rings. The Morgan fingerprint density at radius 2 is 1.22 bits per heavy atom. The number of nitrogens with zero attached hydrogens (tertiary/aromatic N) is 1. The molecule has 0 aromatic heterocycles. The smallest absolute Gasteiger partial charge is 0 e. The zero-order chi connectivity index (χ0) is 6.28. The third kappa shape index (κ3) is 54.5. The fraction of sp³-hybridized carbons (Fsp3) is 0.857. The van der Waals surface area contributed by atoms with Crippen molar-refractivity contribution in [3.63, 3.8) is 0 Å². The summed E-state index contributed by atoms with van der Waals surface area (Å²) in [6.07, 6.45) is 0. The maximum Gasteiger partial charge on any atom is 0 e. The summed E-state index contributed by atoms with van der Waals surface area (Å²) < 4.78 is 0. The number of rotatable bonds is 1. The first kappa shape index (κ1) is 22.6. The molecule has 0 spiro atoms. The minimum Gasteiger partial charge on any atom is -0.358 e. The molecule has 0 rings (SSSR count). The van der Waals surface area contributed by atoms with Crippen LogP contribution in [-0.2, 0) is 21.1 Å². The van der Waals surface area contributed by atoms with Crippen molar-refractivity contribution < 1.29 is 21.1 Å². The predicted molar refractivity (Wildman–Crippen MR) is 42.0 cm³/mol. The van der Waals surface area contributed by atoms with Gasteiger partial charge in [-0.25, -0.2) is 0 Å². The Kier molecular flexibility index (Phi) is 58.8. The molecule has 60 valence electrons. The molecule has 0 aliphatic carbocycles. The van der Waals surface area contributed by atoms with E-state index in [-0.39, 0.29) is 28.5 Å². The summed E-state index contributed by atoms with van der Waals surface area (Å²) in [6.45, 7) is 7.26. The van der Waals surface area contributed by atoms with Crippen molar-refractivity contribution >= 4 is 0 Å². The fourth-order valence-corrected chi connectivity index (χ4v) is 0. The standard InChI is InChI=1S/C4H11N.C2H6.CH3.W/c1-4-5(2)3;1-2;;/h4H2,1-3H3;1-2H3;1H3;/q;;-1;. The quantitative estimate of drug-likeness (QED) is 0.670. The van der Waals surface area contributed by atoms with Crippen LogP contribution < -0.4 is 0 Å². The van der Waals surface area contributed by atoms with E-state index < -0.39 is 0 Å². The van der Waals surface area contributed by atoms with Gasteiger partial charge in [-0.15, -0.1) is 0 Å². The van der Waals surface area contributed by atoms with E-state index in [1.807, 2.05) is 13.8 Å². The van der Waals surface area contributed by atoms with E-state index in [1.54, 1.807) is 0 Å². The summed E-state index contributed by atoms with van der Waals surface area (Å²) in [5.74, 6) is 0. The summed E-state index contributed by atoms with van der Waals surface area (Å²) in [5.41, 5.74) is 0. The third-order valence-electron chi connectivity index (χ3n) is 0.632. The van der Waals surface area contributed by atoms with E-state index in [2.05, 4.69) is 25.9 Å². The van der Waals surface area contributed by atoms with Gasteiger partial charge in [-0.3, -0.25) is 0 Å². The van der Waals surface area contributed by atoms with Gasteiger partial charge in [0.05, 0.1) is 0 Å². The monoisotopic (exact) mass is 302 g/mol. The van der Waals surface area contributed by atoms with Gasteiger partial charge >= 0.3 is 0 Å². The summed E-state index contributed by atoms with van der Waals surface area (Å²) in [4.78, 5) is 2.12. The second-order valence-electron chi connectivity index (χ2n) is 1.40. The Hall–Kier alpha value is 0.648. The molecule has 0 N–H and O–H groups in total. The summed E-state index contributed by atoms with van der Waals surface area (Å²) in [7, 11) is 4.11. The van der Waals surface area contributed by atoms with E-state index in [9.17, 15) is 0 Å². The van der Waals surface area contributed by atoms with E-state index >= 15 is 0 Å². The average molecular weight is 302 g/mol. The van der Waals surface area contributed by atoms with Crippen molar-refractivity contribution in [1.29, 1.82) is 0 Å². The van der Waals surface area contributed by atoms with E-state index in [0.717, 1.165) is 6.54 Å². The molecule has 1 nitrogen and oxygen atoms in total. The van der Waals surface area contributed by atoms with Crippen LogP contribution in [0.5, 0.6) is 0 Å². The molecule has 0 bridgehead atoms. The molecular weight excluding hydrogens is 282 g/mol. The van der Waals surface area contributed by atoms with Crippen LogP contribution in [0.15, 0.2) is 0 Å². The normalized spacial score (nSPS) is 6.00. The number of hydrogen-bond acceptors (Lipinski definition) is 1. The second kappa shape index (κ2) is 23.4. The van der Waals surface area contributed by atoms with Crippen LogP contribution in [0.2, 0.25) is 0 Å². The molecule has 0 aliphatic heterocycles. The maximum atomic E-state index is 2.12. The maximum absolute atomic E-state index is 2.12. The Balaban J connectivity index is -0.0000000286. The molecule has 0 aromatic rings. The van der Waals surface area contributed by atoms with Crippen molar-refractivity contribution in [1.82, 2.24) is 4.90 Å². The molecule has 0 aliphatic rings. The summed E-state index contributed by atoms with van der Waals surface area (Å²) in [5, 5.41) is 0. The Morgan fingerprint density at radius 1 is 1.11 bits per heavy atom. The van der Waals surface area contributed by atoms with Crippen LogP contribution in [0.1, 0.15) is 20.8 Å². The summed E-state index contributed by atoms with van der Waals surface area (Å²) in [6, 6.07) is 0. The largest absolute Gasteiger partial charge is 0.358 e. The predicted octanol–water partition coefficient (Wildman–Crippen LogP) is 2.04. The van der Waals surface area contributed by atoms with Crippen LogP contribution in [-0.4, -0.2) is 25.5 Å². The molecule has 0 unspecified atom stereocenters. The van der Waals surface area contributed by atoms with Gasteiger partial charge < -0.3 is 12.3 Å². The van der Waals surface area contributed by atoms with E-state index in [4.69, 9.17) is 0 Å². The van der Waals surface area contributed by atoms with Gasteiger partial charge in [0.15, 0.2) is 0 Å². The van der Waals surface area contributed by atoms with Crippen LogP contribution in [0.3, 0.4) is 0 Å². The zero-order valence-corrected chi connectivity index (χ0v) is 10.5. The fourth-order valence-electron chi connectivity index (χ4n) is 0. The minimum atomic E-state index is 0. The zero-order valence-electron chi connectivity index (χ0n) is 7.56. The van der Waals surface area contributed by atoms with Gasteiger partial charge in [0.2, 0.25) is 0 Å². The Labute approximate surface area is 75.1 Å². The first-order chi connectivity index (χ1) is 3.27. The van der Waals surface area contributed by atoms with E-state index in [0.29, 0.717) is 0 Å². The van der Waals surface area contributed by atoms with Crippen LogP contribution in [0.25, 0.3) is 0 Å². The van der Waals surface area contributed by atoms with Crippen molar-refractivity contribution in [3.05, 3.63) is 7.43 Å². The first-order valence-corrected chi connectivity index (χ1v) is 2.92. The Morgan fingerprint density at radius 3 is 1.22 bits per heavy atom. The molecule has 9 heavy (non-hydrogen) atoms. The molecule has 0 atom stereocenters. The van der Waals surface area contributed by atoms with Crippen LogP contribution >= 0.6 is 0 Å². The van der Waals surface area contributed by atoms with Crippen LogP contribution in [0.4, 0.5) is 0 Å². The SMILES string of the molecule is CC.CCN(C)C.[CH3-].[W]. The average Bonchev–Trinajstić information content (AvgIpc) is 1.73. The molecule has 2 heteroatoms. The first-order valence-electron chi connectivity index (χ1n) is 2.92. The minimum absolute atomic E-state index is 0. The molecule has 0 heterocycles. The summed E-state index contributed by atoms with van der Waals surface area (Å²) >= 11 is 0. The van der Waals surface area contributed by atoms with Gasteiger partial charge in [-0.2, -0.15) is 0 Å². The molecule has 0 amide bonds. The van der Waals surface area contributed by atoms with Gasteiger partial charge in [-0.1, -0.05) is 20.8 Å². The molecule has 0 aromatic carbocycles. The Bertz CT molecular complexity index is 22.9.